The number of hydrogen-bond acceptors (Lipinski definition) is 4. The van der Waals surface area contributed by atoms with Crippen LogP contribution in [0.1, 0.15) is 33.1 Å². The van der Waals surface area contributed by atoms with E-state index in [1.54, 1.807) is 13.8 Å². The molecule has 0 spiro atoms. The number of ether oxygens (including phenoxy) is 1. The van der Waals surface area contributed by atoms with Crippen LogP contribution in [0.5, 0.6) is 0 Å². The summed E-state index contributed by atoms with van der Waals surface area (Å²) in [6.45, 7) is 5.84. The molecule has 1 aliphatic rings. The van der Waals surface area contributed by atoms with Crippen molar-refractivity contribution in [1.29, 1.82) is 0 Å². The van der Waals surface area contributed by atoms with Gasteiger partial charge in [-0.3, -0.25) is 9.59 Å². The normalized spacial score (nSPS) is 16.4. The molecule has 5 nitrogen and oxygen atoms in total. The third-order valence-corrected chi connectivity index (χ3v) is 3.40. The number of amides is 1. The predicted molar refractivity (Wildman–Crippen MR) is 76.3 cm³/mol. The molecule has 19 heavy (non-hydrogen) atoms. The number of carbonyl (C=O) groups is 2. The second-order valence-electron chi connectivity index (χ2n) is 5.55. The highest BCUT2D eigenvalue weighted by Gasteiger charge is 2.29. The molecule has 0 atom stereocenters. The Bertz CT molecular complexity index is 302. The van der Waals surface area contributed by atoms with E-state index in [2.05, 4.69) is 10.6 Å². The molecule has 1 aliphatic heterocycles. The topological polar surface area (TPSA) is 67.4 Å². The quantitative estimate of drug-likeness (QED) is 0.745. The van der Waals surface area contributed by atoms with E-state index in [0.717, 1.165) is 25.9 Å². The lowest BCUT2D eigenvalue weighted by atomic mass is 9.92. The molecule has 0 aromatic rings. The van der Waals surface area contributed by atoms with Crippen LogP contribution in [0.2, 0.25) is 0 Å². The summed E-state index contributed by atoms with van der Waals surface area (Å²) < 4.78 is 4.70. The number of nitrogens with one attached hydrogen (secondary N) is 2. The molecule has 112 valence electrons. The van der Waals surface area contributed by atoms with Crippen molar-refractivity contribution in [3.05, 3.63) is 0 Å². The molecule has 0 aromatic heterocycles. The predicted octanol–water partition coefficient (Wildman–Crippen LogP) is 1.11. The Labute approximate surface area is 121 Å². The van der Waals surface area contributed by atoms with Crippen molar-refractivity contribution >= 4 is 24.3 Å². The van der Waals surface area contributed by atoms with Gasteiger partial charge in [-0.2, -0.15) is 0 Å². The van der Waals surface area contributed by atoms with Crippen LogP contribution in [0, 0.1) is 11.3 Å². The van der Waals surface area contributed by atoms with Crippen LogP contribution in [0.3, 0.4) is 0 Å². The maximum atomic E-state index is 11.8. The molecular weight excluding hydrogens is 268 g/mol. The zero-order valence-electron chi connectivity index (χ0n) is 12.0. The molecule has 0 unspecified atom stereocenters. The second-order valence-corrected chi connectivity index (χ2v) is 5.55. The Morgan fingerprint density at radius 1 is 1.32 bits per heavy atom. The van der Waals surface area contributed by atoms with Crippen molar-refractivity contribution in [2.75, 3.05) is 26.7 Å². The molecule has 0 radical (unpaired) electrons. The molecule has 1 amide bonds. The summed E-state index contributed by atoms with van der Waals surface area (Å²) in [5.41, 5.74) is -0.668. The molecule has 1 heterocycles. The second kappa shape index (κ2) is 8.38. The van der Waals surface area contributed by atoms with Gasteiger partial charge in [0.25, 0.3) is 0 Å². The molecule has 1 saturated heterocycles. The van der Waals surface area contributed by atoms with Gasteiger partial charge in [-0.05, 0) is 45.7 Å². The lowest BCUT2D eigenvalue weighted by Gasteiger charge is -2.24. The highest BCUT2D eigenvalue weighted by atomic mass is 35.5. The molecule has 0 aliphatic carbocycles. The zero-order chi connectivity index (χ0) is 13.6. The average molecular weight is 293 g/mol. The van der Waals surface area contributed by atoms with Gasteiger partial charge in [0.15, 0.2) is 0 Å². The summed E-state index contributed by atoms with van der Waals surface area (Å²) in [4.78, 5) is 23.2. The highest BCUT2D eigenvalue weighted by Crippen LogP contribution is 2.17. The monoisotopic (exact) mass is 292 g/mol. The van der Waals surface area contributed by atoms with E-state index in [1.807, 2.05) is 0 Å². The maximum absolute atomic E-state index is 11.8. The van der Waals surface area contributed by atoms with Gasteiger partial charge < -0.3 is 15.4 Å². The zero-order valence-corrected chi connectivity index (χ0v) is 12.8. The fraction of sp³-hybridized carbons (Fsp3) is 0.846. The molecule has 0 saturated carbocycles. The van der Waals surface area contributed by atoms with Crippen molar-refractivity contribution in [3.63, 3.8) is 0 Å². The van der Waals surface area contributed by atoms with Crippen LogP contribution in [0.15, 0.2) is 0 Å². The van der Waals surface area contributed by atoms with E-state index in [0.29, 0.717) is 18.9 Å². The smallest absolute Gasteiger partial charge is 0.313 e. The van der Waals surface area contributed by atoms with Gasteiger partial charge in [0.2, 0.25) is 5.91 Å². The largest absolute Gasteiger partial charge is 0.469 e. The van der Waals surface area contributed by atoms with Crippen molar-refractivity contribution in [1.82, 2.24) is 10.6 Å². The molecule has 2 N–H and O–H groups in total. The van der Waals surface area contributed by atoms with Gasteiger partial charge in [-0.15, -0.1) is 12.4 Å². The summed E-state index contributed by atoms with van der Waals surface area (Å²) in [7, 11) is 1.36. The number of carbonyl (C=O) groups excluding carboxylic acids is 2. The fourth-order valence-electron chi connectivity index (χ4n) is 2.09. The van der Waals surface area contributed by atoms with Crippen LogP contribution < -0.4 is 10.6 Å². The Hall–Kier alpha value is -0.810. The summed E-state index contributed by atoms with van der Waals surface area (Å²) in [5, 5.41) is 6.10. The third kappa shape index (κ3) is 6.25. The molecule has 1 rings (SSSR count). The van der Waals surface area contributed by atoms with E-state index in [4.69, 9.17) is 4.74 Å². The van der Waals surface area contributed by atoms with Crippen LogP contribution in [0.25, 0.3) is 0 Å². The van der Waals surface area contributed by atoms with Crippen molar-refractivity contribution < 1.29 is 14.3 Å². The maximum Gasteiger partial charge on any atom is 0.313 e. The van der Waals surface area contributed by atoms with E-state index >= 15 is 0 Å². The molecule has 6 heteroatoms. The fourth-order valence-corrected chi connectivity index (χ4v) is 2.09. The first kappa shape index (κ1) is 18.2. The van der Waals surface area contributed by atoms with Crippen LogP contribution in [-0.4, -0.2) is 38.6 Å². The number of esters is 1. The molecule has 1 fully saturated rings. The summed E-state index contributed by atoms with van der Waals surface area (Å²) in [5.74, 6) is 0.191. The van der Waals surface area contributed by atoms with Gasteiger partial charge in [0.1, 0.15) is 0 Å². The van der Waals surface area contributed by atoms with E-state index in [-0.39, 0.29) is 24.3 Å². The number of methoxy groups -OCH3 is 1. The number of halogens is 1. The van der Waals surface area contributed by atoms with Crippen LogP contribution in [-0.2, 0) is 14.3 Å². The SMILES string of the molecule is COC(=O)C(C)(C)CNC(=O)CC1CCNCC1.Cl. The van der Waals surface area contributed by atoms with Gasteiger partial charge in [0.05, 0.1) is 12.5 Å². The summed E-state index contributed by atoms with van der Waals surface area (Å²) in [6, 6.07) is 0. The summed E-state index contributed by atoms with van der Waals surface area (Å²) >= 11 is 0. The Morgan fingerprint density at radius 3 is 2.42 bits per heavy atom. The number of rotatable bonds is 5. The Kier molecular flexibility index (Phi) is 8.02. The van der Waals surface area contributed by atoms with Crippen LogP contribution in [0.4, 0.5) is 0 Å². The van der Waals surface area contributed by atoms with Gasteiger partial charge in [-0.1, -0.05) is 0 Å². The van der Waals surface area contributed by atoms with Gasteiger partial charge in [-0.25, -0.2) is 0 Å². The van der Waals surface area contributed by atoms with E-state index in [9.17, 15) is 9.59 Å². The van der Waals surface area contributed by atoms with Gasteiger partial charge in [0, 0.05) is 13.0 Å². The highest BCUT2D eigenvalue weighted by molar-refractivity contribution is 5.85. The molecular formula is C13H25ClN2O3. The average Bonchev–Trinajstić information content (AvgIpc) is 2.36. The Balaban J connectivity index is 0.00000324. The number of hydrogen-bond donors (Lipinski definition) is 2. The minimum absolute atomic E-state index is 0. The van der Waals surface area contributed by atoms with Crippen LogP contribution >= 0.6 is 12.4 Å². The first-order valence-electron chi connectivity index (χ1n) is 6.51. The standard InChI is InChI=1S/C13H24N2O3.ClH/c1-13(2,12(17)18-3)9-15-11(16)8-10-4-6-14-7-5-10;/h10,14H,4-9H2,1-3H3,(H,15,16);1H. The van der Waals surface area contributed by atoms with Gasteiger partial charge >= 0.3 is 5.97 Å². The molecule has 0 bridgehead atoms. The Morgan fingerprint density at radius 2 is 1.89 bits per heavy atom. The lowest BCUT2D eigenvalue weighted by molar-refractivity contribution is -0.150. The van der Waals surface area contributed by atoms with Crippen molar-refractivity contribution in [3.8, 4) is 0 Å². The minimum atomic E-state index is -0.668. The lowest BCUT2D eigenvalue weighted by Crippen LogP contribution is -2.40. The van der Waals surface area contributed by atoms with E-state index < -0.39 is 5.41 Å². The van der Waals surface area contributed by atoms with E-state index in [1.165, 1.54) is 7.11 Å². The third-order valence-electron chi connectivity index (χ3n) is 3.40. The first-order chi connectivity index (χ1) is 8.45. The molecule has 0 aromatic carbocycles. The first-order valence-corrected chi connectivity index (χ1v) is 6.51. The van der Waals surface area contributed by atoms with Crippen molar-refractivity contribution in [2.24, 2.45) is 11.3 Å². The van der Waals surface area contributed by atoms with Crippen molar-refractivity contribution in [2.45, 2.75) is 33.1 Å². The number of piperidine rings is 1. The minimum Gasteiger partial charge on any atom is -0.469 e. The summed E-state index contributed by atoms with van der Waals surface area (Å²) in [6.07, 6.45) is 2.65.